The maximum absolute atomic E-state index is 11.6. The molecule has 1 saturated carbocycles. The van der Waals surface area contributed by atoms with Crippen LogP contribution in [0.25, 0.3) is 0 Å². The molecule has 1 saturated heterocycles. The summed E-state index contributed by atoms with van der Waals surface area (Å²) >= 11 is 0. The van der Waals surface area contributed by atoms with E-state index in [1.807, 2.05) is 0 Å². The molecule has 0 aromatic rings. The number of hydrogen-bond donors (Lipinski definition) is 1. The van der Waals surface area contributed by atoms with Crippen LogP contribution in [0.2, 0.25) is 0 Å². The second-order valence-electron chi connectivity index (χ2n) is 4.27. The highest BCUT2D eigenvalue weighted by Gasteiger charge is 2.48. The second-order valence-corrected chi connectivity index (χ2v) is 4.27. The lowest BCUT2D eigenvalue weighted by Gasteiger charge is -2.33. The number of imide groups is 1. The van der Waals surface area contributed by atoms with Crippen molar-refractivity contribution in [2.75, 3.05) is 7.11 Å². The lowest BCUT2D eigenvalue weighted by Crippen LogP contribution is -2.36. The van der Waals surface area contributed by atoms with Crippen LogP contribution >= 0.6 is 0 Å². The van der Waals surface area contributed by atoms with Gasteiger partial charge in [-0.25, -0.2) is 0 Å². The molecular formula is C10H15NO3. The van der Waals surface area contributed by atoms with E-state index in [0.29, 0.717) is 6.42 Å². The zero-order valence-corrected chi connectivity index (χ0v) is 8.34. The van der Waals surface area contributed by atoms with E-state index < -0.39 is 5.41 Å². The number of ether oxygens (including phenoxy) is 1. The maximum atomic E-state index is 11.6. The molecule has 1 spiro atoms. The molecule has 14 heavy (non-hydrogen) atoms. The van der Waals surface area contributed by atoms with Crippen molar-refractivity contribution in [3.8, 4) is 0 Å². The van der Waals surface area contributed by atoms with Gasteiger partial charge in [0.2, 0.25) is 11.8 Å². The van der Waals surface area contributed by atoms with Gasteiger partial charge in [-0.05, 0) is 25.7 Å². The summed E-state index contributed by atoms with van der Waals surface area (Å²) in [6.07, 6.45) is 3.98. The van der Waals surface area contributed by atoms with Crippen LogP contribution in [0.5, 0.6) is 0 Å². The zero-order chi connectivity index (χ0) is 10.2. The Hall–Kier alpha value is -0.900. The van der Waals surface area contributed by atoms with E-state index in [2.05, 4.69) is 5.32 Å². The normalized spacial score (nSPS) is 37.6. The molecule has 1 heterocycles. The molecular weight excluding hydrogens is 182 g/mol. The number of methoxy groups -OCH3 is 1. The molecule has 0 aromatic heterocycles. The van der Waals surface area contributed by atoms with E-state index >= 15 is 0 Å². The highest BCUT2D eigenvalue weighted by Crippen LogP contribution is 2.42. The Labute approximate surface area is 83.0 Å². The Balaban J connectivity index is 2.05. The van der Waals surface area contributed by atoms with E-state index in [0.717, 1.165) is 25.7 Å². The third-order valence-corrected chi connectivity index (χ3v) is 3.46. The standard InChI is InChI=1S/C10H15NO3/c1-14-7-2-4-10(5-3-7)6-8(12)11-9(10)13/h7H,2-6H2,1H3,(H,11,12,13). The number of hydrogen-bond acceptors (Lipinski definition) is 3. The summed E-state index contributed by atoms with van der Waals surface area (Å²) in [7, 11) is 1.70. The molecule has 1 N–H and O–H groups in total. The smallest absolute Gasteiger partial charge is 0.233 e. The first-order chi connectivity index (χ1) is 6.66. The highest BCUT2D eigenvalue weighted by atomic mass is 16.5. The van der Waals surface area contributed by atoms with Gasteiger partial charge in [-0.2, -0.15) is 0 Å². The average molecular weight is 197 g/mol. The van der Waals surface area contributed by atoms with E-state index in [1.165, 1.54) is 0 Å². The molecule has 1 aliphatic carbocycles. The molecule has 0 atom stereocenters. The van der Waals surface area contributed by atoms with Crippen LogP contribution in [-0.2, 0) is 14.3 Å². The zero-order valence-electron chi connectivity index (χ0n) is 8.34. The summed E-state index contributed by atoms with van der Waals surface area (Å²) in [5, 5.41) is 2.39. The fourth-order valence-electron chi connectivity index (χ4n) is 2.47. The number of amides is 2. The molecule has 0 aromatic carbocycles. The van der Waals surface area contributed by atoms with Crippen LogP contribution < -0.4 is 5.32 Å². The summed E-state index contributed by atoms with van der Waals surface area (Å²) in [6, 6.07) is 0. The molecule has 0 unspecified atom stereocenters. The first kappa shape index (κ1) is 9.65. The molecule has 0 radical (unpaired) electrons. The molecule has 2 aliphatic rings. The largest absolute Gasteiger partial charge is 0.381 e. The van der Waals surface area contributed by atoms with Gasteiger partial charge >= 0.3 is 0 Å². The molecule has 4 nitrogen and oxygen atoms in total. The van der Waals surface area contributed by atoms with Gasteiger partial charge < -0.3 is 4.74 Å². The molecule has 78 valence electrons. The van der Waals surface area contributed by atoms with Crippen molar-refractivity contribution >= 4 is 11.8 Å². The number of carbonyl (C=O) groups is 2. The predicted molar refractivity (Wildman–Crippen MR) is 49.5 cm³/mol. The van der Waals surface area contributed by atoms with Crippen molar-refractivity contribution in [3.63, 3.8) is 0 Å². The van der Waals surface area contributed by atoms with Crippen molar-refractivity contribution in [2.24, 2.45) is 5.41 Å². The van der Waals surface area contributed by atoms with Crippen LogP contribution in [0.4, 0.5) is 0 Å². The van der Waals surface area contributed by atoms with Gasteiger partial charge in [-0.1, -0.05) is 0 Å². The third-order valence-electron chi connectivity index (χ3n) is 3.46. The van der Waals surface area contributed by atoms with Gasteiger partial charge in [-0.3, -0.25) is 14.9 Å². The van der Waals surface area contributed by atoms with Crippen LogP contribution in [-0.4, -0.2) is 25.0 Å². The summed E-state index contributed by atoms with van der Waals surface area (Å²) in [5.41, 5.74) is -0.397. The van der Waals surface area contributed by atoms with Crippen molar-refractivity contribution in [1.82, 2.24) is 5.32 Å². The summed E-state index contributed by atoms with van der Waals surface area (Å²) in [6.45, 7) is 0. The molecule has 2 rings (SSSR count). The molecule has 2 fully saturated rings. The van der Waals surface area contributed by atoms with E-state index in [9.17, 15) is 9.59 Å². The van der Waals surface area contributed by atoms with Crippen molar-refractivity contribution < 1.29 is 14.3 Å². The van der Waals surface area contributed by atoms with Crippen molar-refractivity contribution in [2.45, 2.75) is 38.2 Å². The van der Waals surface area contributed by atoms with Gasteiger partial charge in [0.25, 0.3) is 0 Å². The molecule has 4 heteroatoms. The van der Waals surface area contributed by atoms with Crippen LogP contribution in [0, 0.1) is 5.41 Å². The van der Waals surface area contributed by atoms with Gasteiger partial charge in [0.15, 0.2) is 0 Å². The highest BCUT2D eigenvalue weighted by molar-refractivity contribution is 6.05. The fraction of sp³-hybridized carbons (Fsp3) is 0.800. The molecule has 1 aliphatic heterocycles. The number of rotatable bonds is 1. The van der Waals surface area contributed by atoms with E-state index in [1.54, 1.807) is 7.11 Å². The summed E-state index contributed by atoms with van der Waals surface area (Å²) in [5.74, 6) is -0.192. The SMILES string of the molecule is COC1CCC2(CC1)CC(=O)NC2=O. The van der Waals surface area contributed by atoms with Crippen molar-refractivity contribution in [3.05, 3.63) is 0 Å². The number of carbonyl (C=O) groups excluding carboxylic acids is 2. The van der Waals surface area contributed by atoms with Crippen LogP contribution in [0.3, 0.4) is 0 Å². The quantitative estimate of drug-likeness (QED) is 0.626. The predicted octanol–water partition coefficient (Wildman–Crippen LogP) is 0.608. The number of nitrogens with one attached hydrogen (secondary N) is 1. The van der Waals surface area contributed by atoms with E-state index in [-0.39, 0.29) is 17.9 Å². The Bertz CT molecular complexity index is 267. The van der Waals surface area contributed by atoms with Gasteiger partial charge in [-0.15, -0.1) is 0 Å². The Morgan fingerprint density at radius 1 is 1.36 bits per heavy atom. The summed E-state index contributed by atoms with van der Waals surface area (Å²) < 4.78 is 5.24. The minimum absolute atomic E-state index is 0.0722. The van der Waals surface area contributed by atoms with Crippen molar-refractivity contribution in [1.29, 1.82) is 0 Å². The second kappa shape index (κ2) is 3.35. The third kappa shape index (κ3) is 1.43. The minimum Gasteiger partial charge on any atom is -0.381 e. The maximum Gasteiger partial charge on any atom is 0.233 e. The lowest BCUT2D eigenvalue weighted by atomic mass is 9.72. The summed E-state index contributed by atoms with van der Waals surface area (Å²) in [4.78, 5) is 22.7. The minimum atomic E-state index is -0.397. The Kier molecular flexibility index (Phi) is 2.31. The fourth-order valence-corrected chi connectivity index (χ4v) is 2.47. The van der Waals surface area contributed by atoms with Gasteiger partial charge in [0.05, 0.1) is 11.5 Å². The van der Waals surface area contributed by atoms with Gasteiger partial charge in [0.1, 0.15) is 0 Å². The topological polar surface area (TPSA) is 55.4 Å². The van der Waals surface area contributed by atoms with Crippen LogP contribution in [0.1, 0.15) is 32.1 Å². The first-order valence-corrected chi connectivity index (χ1v) is 5.03. The van der Waals surface area contributed by atoms with E-state index in [4.69, 9.17) is 4.74 Å². The lowest BCUT2D eigenvalue weighted by molar-refractivity contribution is -0.130. The van der Waals surface area contributed by atoms with Crippen LogP contribution in [0.15, 0.2) is 0 Å². The monoisotopic (exact) mass is 197 g/mol. The first-order valence-electron chi connectivity index (χ1n) is 5.03. The van der Waals surface area contributed by atoms with Gasteiger partial charge in [0, 0.05) is 13.5 Å². The Morgan fingerprint density at radius 2 is 2.00 bits per heavy atom. The molecule has 0 bridgehead atoms. The Morgan fingerprint density at radius 3 is 2.43 bits per heavy atom. The average Bonchev–Trinajstić information content (AvgIpc) is 2.43. The molecule has 2 amide bonds.